The van der Waals surface area contributed by atoms with Crippen molar-refractivity contribution in [2.24, 2.45) is 0 Å². The van der Waals surface area contributed by atoms with Crippen LogP contribution in [0.4, 0.5) is 8.78 Å². The lowest BCUT2D eigenvalue weighted by Crippen LogP contribution is -1.95. The van der Waals surface area contributed by atoms with Crippen LogP contribution >= 0.6 is 0 Å². The van der Waals surface area contributed by atoms with E-state index in [1.54, 1.807) is 0 Å². The molecule has 0 atom stereocenters. The number of carboxylic acid groups (broad SMARTS) is 1. The molecular formula is C13H8F2O2. The van der Waals surface area contributed by atoms with E-state index in [0.29, 0.717) is 5.56 Å². The zero-order valence-corrected chi connectivity index (χ0v) is 8.65. The molecule has 0 aromatic heterocycles. The zero-order chi connectivity index (χ0) is 12.4. The van der Waals surface area contributed by atoms with Gasteiger partial charge in [-0.25, -0.2) is 13.6 Å². The number of carbonyl (C=O) groups is 1. The van der Waals surface area contributed by atoms with Crippen molar-refractivity contribution in [3.05, 3.63) is 59.7 Å². The van der Waals surface area contributed by atoms with E-state index in [1.165, 1.54) is 24.3 Å². The van der Waals surface area contributed by atoms with Gasteiger partial charge in [-0.15, -0.1) is 0 Å². The summed E-state index contributed by atoms with van der Waals surface area (Å²) in [5.41, 5.74) is 0.652. The SMILES string of the molecule is O=C(O)c1ccc(-c2cc(F)ccc2F)cc1. The van der Waals surface area contributed by atoms with Crippen molar-refractivity contribution in [1.29, 1.82) is 0 Å². The molecule has 0 aliphatic heterocycles. The van der Waals surface area contributed by atoms with Crippen LogP contribution in [0.15, 0.2) is 42.5 Å². The van der Waals surface area contributed by atoms with E-state index in [-0.39, 0.29) is 11.1 Å². The summed E-state index contributed by atoms with van der Waals surface area (Å²) in [5, 5.41) is 8.71. The van der Waals surface area contributed by atoms with Crippen molar-refractivity contribution in [3.8, 4) is 11.1 Å². The first-order valence-corrected chi connectivity index (χ1v) is 4.87. The Morgan fingerprint density at radius 1 is 1.00 bits per heavy atom. The van der Waals surface area contributed by atoms with Crippen molar-refractivity contribution in [1.82, 2.24) is 0 Å². The molecule has 2 aromatic rings. The van der Waals surface area contributed by atoms with Gasteiger partial charge < -0.3 is 5.11 Å². The largest absolute Gasteiger partial charge is 0.478 e. The van der Waals surface area contributed by atoms with Crippen LogP contribution in [0.2, 0.25) is 0 Å². The average molecular weight is 234 g/mol. The van der Waals surface area contributed by atoms with Crippen LogP contribution in [-0.2, 0) is 0 Å². The molecule has 1 N–H and O–H groups in total. The molecule has 17 heavy (non-hydrogen) atoms. The van der Waals surface area contributed by atoms with E-state index < -0.39 is 17.6 Å². The average Bonchev–Trinajstić information content (AvgIpc) is 2.32. The van der Waals surface area contributed by atoms with E-state index in [4.69, 9.17) is 5.11 Å². The van der Waals surface area contributed by atoms with E-state index in [9.17, 15) is 13.6 Å². The van der Waals surface area contributed by atoms with Gasteiger partial charge in [-0.3, -0.25) is 0 Å². The van der Waals surface area contributed by atoms with Gasteiger partial charge in [-0.05, 0) is 35.9 Å². The summed E-state index contributed by atoms with van der Waals surface area (Å²) in [6.07, 6.45) is 0. The van der Waals surface area contributed by atoms with Crippen LogP contribution in [0.1, 0.15) is 10.4 Å². The van der Waals surface area contributed by atoms with Gasteiger partial charge in [-0.1, -0.05) is 12.1 Å². The van der Waals surface area contributed by atoms with Crippen molar-refractivity contribution < 1.29 is 18.7 Å². The van der Waals surface area contributed by atoms with Crippen molar-refractivity contribution in [3.63, 3.8) is 0 Å². The number of carboxylic acids is 1. The highest BCUT2D eigenvalue weighted by atomic mass is 19.1. The number of benzene rings is 2. The molecule has 2 aromatic carbocycles. The van der Waals surface area contributed by atoms with Crippen LogP contribution in [0.25, 0.3) is 11.1 Å². The molecule has 4 heteroatoms. The molecule has 0 saturated heterocycles. The maximum absolute atomic E-state index is 13.4. The van der Waals surface area contributed by atoms with Gasteiger partial charge in [0.25, 0.3) is 0 Å². The van der Waals surface area contributed by atoms with Crippen LogP contribution in [0.5, 0.6) is 0 Å². The molecule has 0 amide bonds. The van der Waals surface area contributed by atoms with Crippen LogP contribution in [0, 0.1) is 11.6 Å². The monoisotopic (exact) mass is 234 g/mol. The minimum absolute atomic E-state index is 0.102. The molecule has 0 saturated carbocycles. The summed E-state index contributed by atoms with van der Waals surface area (Å²) in [6, 6.07) is 8.73. The van der Waals surface area contributed by atoms with Crippen LogP contribution in [0.3, 0.4) is 0 Å². The molecule has 0 unspecified atom stereocenters. The maximum Gasteiger partial charge on any atom is 0.335 e. The Morgan fingerprint density at radius 2 is 1.65 bits per heavy atom. The third-order valence-corrected chi connectivity index (χ3v) is 2.37. The van der Waals surface area contributed by atoms with Gasteiger partial charge in [0.2, 0.25) is 0 Å². The minimum Gasteiger partial charge on any atom is -0.478 e. The lowest BCUT2D eigenvalue weighted by molar-refractivity contribution is 0.0697. The molecule has 2 nitrogen and oxygen atoms in total. The highest BCUT2D eigenvalue weighted by molar-refractivity contribution is 5.88. The van der Waals surface area contributed by atoms with Crippen LogP contribution < -0.4 is 0 Å². The Kier molecular flexibility index (Phi) is 2.87. The summed E-state index contributed by atoms with van der Waals surface area (Å²) in [7, 11) is 0. The Bertz CT molecular complexity index is 562. The smallest absolute Gasteiger partial charge is 0.335 e. The first-order chi connectivity index (χ1) is 8.08. The summed E-state index contributed by atoms with van der Waals surface area (Å²) in [4.78, 5) is 10.6. The van der Waals surface area contributed by atoms with Crippen molar-refractivity contribution >= 4 is 5.97 Å². The fourth-order valence-corrected chi connectivity index (χ4v) is 1.51. The summed E-state index contributed by atoms with van der Waals surface area (Å²) in [6.45, 7) is 0. The zero-order valence-electron chi connectivity index (χ0n) is 8.65. The fourth-order valence-electron chi connectivity index (χ4n) is 1.51. The minimum atomic E-state index is -1.06. The van der Waals surface area contributed by atoms with Gasteiger partial charge in [-0.2, -0.15) is 0 Å². The van der Waals surface area contributed by atoms with Gasteiger partial charge in [0.15, 0.2) is 0 Å². The third kappa shape index (κ3) is 2.30. The van der Waals surface area contributed by atoms with Gasteiger partial charge >= 0.3 is 5.97 Å². The second-order valence-electron chi connectivity index (χ2n) is 3.51. The quantitative estimate of drug-likeness (QED) is 0.865. The lowest BCUT2D eigenvalue weighted by atomic mass is 10.0. The molecular weight excluding hydrogens is 226 g/mol. The third-order valence-electron chi connectivity index (χ3n) is 2.37. The Labute approximate surface area is 96.1 Å². The highest BCUT2D eigenvalue weighted by Crippen LogP contribution is 2.23. The summed E-state index contributed by atoms with van der Waals surface area (Å²) < 4.78 is 26.4. The number of aromatic carboxylic acids is 1. The van der Waals surface area contributed by atoms with Crippen LogP contribution in [-0.4, -0.2) is 11.1 Å². The van der Waals surface area contributed by atoms with E-state index in [0.717, 1.165) is 18.2 Å². The maximum atomic E-state index is 13.4. The number of hydrogen-bond donors (Lipinski definition) is 1. The lowest BCUT2D eigenvalue weighted by Gasteiger charge is -2.04. The Balaban J connectivity index is 2.46. The highest BCUT2D eigenvalue weighted by Gasteiger charge is 2.08. The van der Waals surface area contributed by atoms with E-state index in [2.05, 4.69) is 0 Å². The molecule has 0 aliphatic rings. The second kappa shape index (κ2) is 4.33. The molecule has 2 rings (SSSR count). The molecule has 0 bridgehead atoms. The predicted octanol–water partition coefficient (Wildman–Crippen LogP) is 3.33. The first-order valence-electron chi connectivity index (χ1n) is 4.87. The first kappa shape index (κ1) is 11.3. The molecule has 0 fully saturated rings. The summed E-state index contributed by atoms with van der Waals surface area (Å²) >= 11 is 0. The number of halogens is 2. The standard InChI is InChI=1S/C13H8F2O2/c14-10-5-6-12(15)11(7-10)8-1-3-9(4-2-8)13(16)17/h1-7H,(H,16,17). The molecule has 0 radical (unpaired) electrons. The van der Waals surface area contributed by atoms with Gasteiger partial charge in [0.1, 0.15) is 11.6 Å². The molecule has 0 heterocycles. The van der Waals surface area contributed by atoms with Gasteiger partial charge in [0, 0.05) is 5.56 Å². The molecule has 86 valence electrons. The molecule has 0 spiro atoms. The molecule has 0 aliphatic carbocycles. The van der Waals surface area contributed by atoms with E-state index >= 15 is 0 Å². The van der Waals surface area contributed by atoms with Gasteiger partial charge in [0.05, 0.1) is 5.56 Å². The Morgan fingerprint density at radius 3 is 2.24 bits per heavy atom. The number of rotatable bonds is 2. The fraction of sp³-hybridized carbons (Fsp3) is 0. The van der Waals surface area contributed by atoms with Crippen molar-refractivity contribution in [2.45, 2.75) is 0 Å². The van der Waals surface area contributed by atoms with Crippen molar-refractivity contribution in [2.75, 3.05) is 0 Å². The normalized spacial score (nSPS) is 10.2. The second-order valence-corrected chi connectivity index (χ2v) is 3.51. The topological polar surface area (TPSA) is 37.3 Å². The predicted molar refractivity (Wildman–Crippen MR) is 58.8 cm³/mol. The summed E-state index contributed by atoms with van der Waals surface area (Å²) in [5.74, 6) is -2.14. The number of hydrogen-bond acceptors (Lipinski definition) is 1. The van der Waals surface area contributed by atoms with E-state index in [1.807, 2.05) is 0 Å². The Hall–Kier alpha value is -2.23.